The fraction of sp³-hybridized carbons (Fsp3) is 1.00. The van der Waals surface area contributed by atoms with Gasteiger partial charge in [0, 0.05) is 0 Å². The van der Waals surface area contributed by atoms with E-state index < -0.39 is 0 Å². The Morgan fingerprint density at radius 1 is 0.923 bits per heavy atom. The number of nitrogens with two attached hydrogens (primary N) is 2. The van der Waals surface area contributed by atoms with Crippen molar-refractivity contribution in [2.75, 3.05) is 26.2 Å². The van der Waals surface area contributed by atoms with Crippen molar-refractivity contribution >= 4 is 0 Å². The molecule has 0 amide bonds. The van der Waals surface area contributed by atoms with Crippen molar-refractivity contribution < 1.29 is 0 Å². The van der Waals surface area contributed by atoms with Crippen LogP contribution in [0, 0.1) is 0 Å². The van der Waals surface area contributed by atoms with Gasteiger partial charge in [-0.25, -0.2) is 0 Å². The number of rotatable bonds is 8. The van der Waals surface area contributed by atoms with Crippen LogP contribution in [0.4, 0.5) is 0 Å². The van der Waals surface area contributed by atoms with Crippen LogP contribution in [-0.4, -0.2) is 31.8 Å². The van der Waals surface area contributed by atoms with Crippen LogP contribution in [0.25, 0.3) is 0 Å². The molecule has 0 rings (SSSR count). The third-order valence-corrected chi connectivity index (χ3v) is 1.90. The van der Waals surface area contributed by atoms with Crippen molar-refractivity contribution in [3.63, 3.8) is 0 Å². The topological polar surface area (TPSA) is 76.1 Å². The fourth-order valence-electron chi connectivity index (χ4n) is 1.07. The second kappa shape index (κ2) is 7.26. The second-order valence-electron chi connectivity index (χ2n) is 3.76. The van der Waals surface area contributed by atoms with Gasteiger partial charge in [-0.3, -0.25) is 10.6 Å². The first-order valence-corrected chi connectivity index (χ1v) is 5.02. The van der Waals surface area contributed by atoms with Gasteiger partial charge in [-0.15, -0.1) is 0 Å². The van der Waals surface area contributed by atoms with E-state index in [1.807, 2.05) is 0 Å². The van der Waals surface area contributed by atoms with Crippen LogP contribution in [0.2, 0.25) is 0 Å². The average molecular weight is 188 g/mol. The van der Waals surface area contributed by atoms with Crippen LogP contribution in [0.3, 0.4) is 0 Å². The molecule has 0 aliphatic heterocycles. The molecule has 0 aliphatic carbocycles. The van der Waals surface area contributed by atoms with E-state index in [9.17, 15) is 0 Å². The van der Waals surface area contributed by atoms with Crippen LogP contribution in [0.5, 0.6) is 0 Å². The first-order chi connectivity index (χ1) is 6.12. The SMILES string of the molecule is CC(C)(NCCCN)NCCCN. The zero-order valence-corrected chi connectivity index (χ0v) is 8.90. The molecule has 0 saturated carbocycles. The van der Waals surface area contributed by atoms with E-state index in [-0.39, 0.29) is 5.66 Å². The second-order valence-corrected chi connectivity index (χ2v) is 3.76. The zero-order chi connectivity index (χ0) is 10.2. The summed E-state index contributed by atoms with van der Waals surface area (Å²) in [6.45, 7) is 7.65. The molecule has 0 aliphatic rings. The lowest BCUT2D eigenvalue weighted by Crippen LogP contribution is -2.52. The number of nitrogens with one attached hydrogen (secondary N) is 2. The Kier molecular flexibility index (Phi) is 7.17. The molecule has 4 nitrogen and oxygen atoms in total. The average Bonchev–Trinajstić information content (AvgIpc) is 2.05. The molecule has 0 unspecified atom stereocenters. The molecule has 0 spiro atoms. The molecule has 80 valence electrons. The largest absolute Gasteiger partial charge is 0.330 e. The third kappa shape index (κ3) is 8.18. The fourth-order valence-corrected chi connectivity index (χ4v) is 1.07. The monoisotopic (exact) mass is 188 g/mol. The zero-order valence-electron chi connectivity index (χ0n) is 8.90. The molecule has 0 fully saturated rings. The molecule has 13 heavy (non-hydrogen) atoms. The normalized spacial score (nSPS) is 12.0. The van der Waals surface area contributed by atoms with Gasteiger partial charge in [0.2, 0.25) is 0 Å². The molecular formula is C9H24N4. The maximum atomic E-state index is 5.40. The number of hydrogen-bond acceptors (Lipinski definition) is 4. The summed E-state index contributed by atoms with van der Waals surface area (Å²) in [6, 6.07) is 0. The van der Waals surface area contributed by atoms with Gasteiger partial charge in [0.15, 0.2) is 0 Å². The Labute approximate surface area is 81.4 Å². The van der Waals surface area contributed by atoms with Gasteiger partial charge in [-0.2, -0.15) is 0 Å². The van der Waals surface area contributed by atoms with Crippen LogP contribution in [0.1, 0.15) is 26.7 Å². The molecule has 0 atom stereocenters. The van der Waals surface area contributed by atoms with E-state index in [1.165, 1.54) is 0 Å². The smallest absolute Gasteiger partial charge is 0.0629 e. The summed E-state index contributed by atoms with van der Waals surface area (Å²) in [5, 5.41) is 6.77. The summed E-state index contributed by atoms with van der Waals surface area (Å²) in [7, 11) is 0. The van der Waals surface area contributed by atoms with E-state index in [1.54, 1.807) is 0 Å². The van der Waals surface area contributed by atoms with Gasteiger partial charge in [0.25, 0.3) is 0 Å². The third-order valence-electron chi connectivity index (χ3n) is 1.90. The predicted octanol–water partition coefficient (Wildman–Crippen LogP) is -0.401. The van der Waals surface area contributed by atoms with Crippen molar-refractivity contribution in [1.82, 2.24) is 10.6 Å². The number of hydrogen-bond donors (Lipinski definition) is 4. The minimum absolute atomic E-state index is 0.00958. The Hall–Kier alpha value is -0.160. The quantitative estimate of drug-likeness (QED) is 0.309. The summed E-state index contributed by atoms with van der Waals surface area (Å²) >= 11 is 0. The highest BCUT2D eigenvalue weighted by Gasteiger charge is 2.13. The van der Waals surface area contributed by atoms with Crippen LogP contribution in [-0.2, 0) is 0 Å². The molecule has 0 aromatic carbocycles. The Bertz CT molecular complexity index is 102. The minimum atomic E-state index is -0.00958. The summed E-state index contributed by atoms with van der Waals surface area (Å²) in [5.74, 6) is 0. The molecule has 0 radical (unpaired) electrons. The molecule has 0 aromatic rings. The van der Waals surface area contributed by atoms with Gasteiger partial charge < -0.3 is 11.5 Å². The van der Waals surface area contributed by atoms with Gasteiger partial charge in [0.1, 0.15) is 0 Å². The van der Waals surface area contributed by atoms with Crippen LogP contribution in [0.15, 0.2) is 0 Å². The molecule has 6 N–H and O–H groups in total. The van der Waals surface area contributed by atoms with E-state index in [0.717, 1.165) is 39.0 Å². The van der Waals surface area contributed by atoms with Crippen LogP contribution < -0.4 is 22.1 Å². The van der Waals surface area contributed by atoms with Crippen molar-refractivity contribution in [1.29, 1.82) is 0 Å². The lowest BCUT2D eigenvalue weighted by molar-refractivity contribution is 0.310. The van der Waals surface area contributed by atoms with Gasteiger partial charge in [0.05, 0.1) is 5.66 Å². The minimum Gasteiger partial charge on any atom is -0.330 e. The maximum Gasteiger partial charge on any atom is 0.0629 e. The van der Waals surface area contributed by atoms with Crippen molar-refractivity contribution in [2.45, 2.75) is 32.4 Å². The van der Waals surface area contributed by atoms with E-state index in [0.29, 0.717) is 0 Å². The Morgan fingerprint density at radius 2 is 1.31 bits per heavy atom. The van der Waals surface area contributed by atoms with Crippen LogP contribution >= 0.6 is 0 Å². The van der Waals surface area contributed by atoms with Crippen molar-refractivity contribution in [3.05, 3.63) is 0 Å². The van der Waals surface area contributed by atoms with E-state index in [4.69, 9.17) is 11.5 Å². The van der Waals surface area contributed by atoms with Crippen molar-refractivity contribution in [3.8, 4) is 0 Å². The molecule has 0 saturated heterocycles. The standard InChI is InChI=1S/C9H24N4/c1-9(2,12-7-3-5-10)13-8-4-6-11/h12-13H,3-8,10-11H2,1-2H3. The maximum absolute atomic E-state index is 5.40. The summed E-state index contributed by atoms with van der Waals surface area (Å²) < 4.78 is 0. The van der Waals surface area contributed by atoms with E-state index in [2.05, 4.69) is 24.5 Å². The first kappa shape index (κ1) is 12.8. The molecule has 4 heteroatoms. The highest BCUT2D eigenvalue weighted by Crippen LogP contribution is 1.95. The lowest BCUT2D eigenvalue weighted by Gasteiger charge is -2.28. The molecular weight excluding hydrogens is 164 g/mol. The van der Waals surface area contributed by atoms with Gasteiger partial charge in [-0.1, -0.05) is 0 Å². The van der Waals surface area contributed by atoms with Gasteiger partial charge >= 0.3 is 0 Å². The molecule has 0 heterocycles. The lowest BCUT2D eigenvalue weighted by atomic mass is 10.2. The Morgan fingerprint density at radius 3 is 1.62 bits per heavy atom. The summed E-state index contributed by atoms with van der Waals surface area (Å²) in [5.41, 5.74) is 10.8. The highest BCUT2D eigenvalue weighted by atomic mass is 15.2. The van der Waals surface area contributed by atoms with Gasteiger partial charge in [-0.05, 0) is 52.9 Å². The first-order valence-electron chi connectivity index (χ1n) is 5.02. The molecule has 0 aromatic heterocycles. The molecule has 0 bridgehead atoms. The summed E-state index contributed by atoms with van der Waals surface area (Å²) in [4.78, 5) is 0. The summed E-state index contributed by atoms with van der Waals surface area (Å²) in [6.07, 6.45) is 2.03. The highest BCUT2D eigenvalue weighted by molar-refractivity contribution is 4.74. The van der Waals surface area contributed by atoms with Crippen molar-refractivity contribution in [2.24, 2.45) is 11.5 Å². The van der Waals surface area contributed by atoms with E-state index >= 15 is 0 Å². The Balaban J connectivity index is 3.42. The predicted molar refractivity (Wildman–Crippen MR) is 57.4 cm³/mol.